The predicted molar refractivity (Wildman–Crippen MR) is 173 cm³/mol. The molecule has 0 radical (unpaired) electrons. The van der Waals surface area contributed by atoms with Crippen molar-refractivity contribution in [3.05, 3.63) is 76.9 Å². The number of benzene rings is 2. The van der Waals surface area contributed by atoms with Crippen LogP contribution in [0.2, 0.25) is 0 Å². The van der Waals surface area contributed by atoms with Crippen LogP contribution in [0.5, 0.6) is 5.75 Å². The number of carbonyl (C=O) groups is 1. The fourth-order valence-electron chi connectivity index (χ4n) is 6.79. The highest BCUT2D eigenvalue weighted by Crippen LogP contribution is 2.45. The summed E-state index contributed by atoms with van der Waals surface area (Å²) in [5.74, 6) is -0.232. The molecular formula is C37H47FN2O4. The first-order valence-corrected chi connectivity index (χ1v) is 15.9. The molecule has 2 aromatic carbocycles. The molecule has 7 heteroatoms. The lowest BCUT2D eigenvalue weighted by molar-refractivity contribution is -0.160. The van der Waals surface area contributed by atoms with Crippen molar-refractivity contribution < 1.29 is 23.8 Å². The summed E-state index contributed by atoms with van der Waals surface area (Å²) in [6.45, 7) is 15.8. The molecule has 2 aliphatic rings. The zero-order valence-corrected chi connectivity index (χ0v) is 27.2. The van der Waals surface area contributed by atoms with Crippen molar-refractivity contribution in [2.75, 3.05) is 18.0 Å². The minimum Gasteiger partial charge on any atom is -0.490 e. The Morgan fingerprint density at radius 2 is 1.64 bits per heavy atom. The lowest BCUT2D eigenvalue weighted by atomic mass is 9.82. The average Bonchev–Trinajstić information content (AvgIpc) is 3.40. The lowest BCUT2D eigenvalue weighted by Crippen LogP contribution is -2.39. The highest BCUT2D eigenvalue weighted by Gasteiger charge is 2.37. The maximum atomic E-state index is 13.5. The molecule has 2 fully saturated rings. The number of hydrogen-bond acceptors (Lipinski definition) is 5. The van der Waals surface area contributed by atoms with Crippen LogP contribution in [-0.4, -0.2) is 40.9 Å². The Morgan fingerprint density at radius 1 is 1.00 bits per heavy atom. The van der Waals surface area contributed by atoms with Crippen molar-refractivity contribution in [3.63, 3.8) is 0 Å². The maximum Gasteiger partial charge on any atom is 0.337 e. The number of hydrogen-bond donors (Lipinski definition) is 1. The van der Waals surface area contributed by atoms with Crippen molar-refractivity contribution >= 4 is 11.7 Å². The van der Waals surface area contributed by atoms with Gasteiger partial charge in [0.25, 0.3) is 0 Å². The third kappa shape index (κ3) is 7.09. The second kappa shape index (κ2) is 12.5. The van der Waals surface area contributed by atoms with E-state index in [9.17, 15) is 14.3 Å². The van der Waals surface area contributed by atoms with Gasteiger partial charge < -0.3 is 19.5 Å². The van der Waals surface area contributed by atoms with Gasteiger partial charge in [0.05, 0.1) is 11.3 Å². The van der Waals surface area contributed by atoms with Crippen LogP contribution in [0.1, 0.15) is 101 Å². The summed E-state index contributed by atoms with van der Waals surface area (Å²) in [5.41, 5.74) is 5.64. The summed E-state index contributed by atoms with van der Waals surface area (Å²) >= 11 is 0. The summed E-state index contributed by atoms with van der Waals surface area (Å²) in [6, 6.07) is 14.9. The minimum atomic E-state index is -1.15. The van der Waals surface area contributed by atoms with Crippen molar-refractivity contribution in [2.24, 2.45) is 5.41 Å². The van der Waals surface area contributed by atoms with E-state index in [0.717, 1.165) is 79.0 Å². The van der Waals surface area contributed by atoms with Gasteiger partial charge in [0, 0.05) is 41.5 Å². The number of aromatic nitrogens is 1. The largest absolute Gasteiger partial charge is 0.490 e. The zero-order chi connectivity index (χ0) is 31.8. The van der Waals surface area contributed by atoms with Gasteiger partial charge in [0.1, 0.15) is 17.7 Å². The summed E-state index contributed by atoms with van der Waals surface area (Å²) in [6.07, 6.45) is 3.93. The number of ether oxygens (including phenoxy) is 2. The molecule has 3 atom stereocenters. The molecular weight excluding hydrogens is 555 g/mol. The standard InChI is InChI=1S/C37H47FN2O4/c1-23-31(26-13-17-28(18-14-26)43-30-10-8-9-29(30)25-11-15-27(38)16-12-25)33(40-21-19-37(6,7)20-22-40)32(24(2)39-23)34(35(41)42)44-36(3,4)5/h11-18,29-30,34H,8-10,19-22H2,1-7H3,(H,41,42). The lowest BCUT2D eigenvalue weighted by Gasteiger charge is -2.41. The maximum absolute atomic E-state index is 13.5. The number of nitrogens with zero attached hydrogens (tertiary/aromatic N) is 2. The second-order valence-corrected chi connectivity index (χ2v) is 14.3. The van der Waals surface area contributed by atoms with Crippen LogP contribution in [0.4, 0.5) is 10.1 Å². The third-order valence-corrected chi connectivity index (χ3v) is 9.15. The van der Waals surface area contributed by atoms with Crippen LogP contribution in [0.3, 0.4) is 0 Å². The Morgan fingerprint density at radius 3 is 2.23 bits per heavy atom. The molecule has 0 bridgehead atoms. The van der Waals surface area contributed by atoms with Gasteiger partial charge in [-0.3, -0.25) is 4.98 Å². The first kappa shape index (κ1) is 32.0. The number of rotatable bonds is 8. The zero-order valence-electron chi connectivity index (χ0n) is 27.2. The van der Waals surface area contributed by atoms with Crippen molar-refractivity contribution in [1.82, 2.24) is 4.98 Å². The van der Waals surface area contributed by atoms with E-state index in [0.29, 0.717) is 11.3 Å². The molecule has 3 unspecified atom stereocenters. The molecule has 1 aromatic heterocycles. The smallest absolute Gasteiger partial charge is 0.337 e. The first-order valence-electron chi connectivity index (χ1n) is 15.9. The number of piperidine rings is 1. The molecule has 2 heterocycles. The predicted octanol–water partition coefficient (Wildman–Crippen LogP) is 8.79. The van der Waals surface area contributed by atoms with Gasteiger partial charge >= 0.3 is 5.97 Å². The number of carboxylic acids is 1. The van der Waals surface area contributed by atoms with Gasteiger partial charge in [-0.2, -0.15) is 0 Å². The first-order chi connectivity index (χ1) is 20.7. The van der Waals surface area contributed by atoms with Crippen LogP contribution in [0.25, 0.3) is 11.1 Å². The van der Waals surface area contributed by atoms with Gasteiger partial charge in [0.15, 0.2) is 6.10 Å². The number of carboxylic acid groups (broad SMARTS) is 1. The quantitative estimate of drug-likeness (QED) is 0.278. The molecule has 0 spiro atoms. The molecule has 236 valence electrons. The number of anilines is 1. The summed E-state index contributed by atoms with van der Waals surface area (Å²) < 4.78 is 26.3. The van der Waals surface area contributed by atoms with Crippen LogP contribution in [0, 0.1) is 25.1 Å². The van der Waals surface area contributed by atoms with Gasteiger partial charge in [-0.15, -0.1) is 0 Å². The molecule has 1 aliphatic carbocycles. The fourth-order valence-corrected chi connectivity index (χ4v) is 6.79. The summed E-state index contributed by atoms with van der Waals surface area (Å²) in [4.78, 5) is 20.0. The SMILES string of the molecule is Cc1nc(C)c(C(OC(C)(C)C)C(=O)O)c(N2CCC(C)(C)CC2)c1-c1ccc(OC2CCCC2c2ccc(F)cc2)cc1. The van der Waals surface area contributed by atoms with Gasteiger partial charge in [-0.05, 0) is 108 Å². The summed E-state index contributed by atoms with van der Waals surface area (Å²) in [5, 5.41) is 10.4. The van der Waals surface area contributed by atoms with Crippen molar-refractivity contribution in [1.29, 1.82) is 0 Å². The Hall–Kier alpha value is -3.45. The third-order valence-electron chi connectivity index (χ3n) is 9.15. The molecule has 6 nitrogen and oxygen atoms in total. The van der Waals surface area contributed by atoms with Crippen LogP contribution in [-0.2, 0) is 9.53 Å². The average molecular weight is 603 g/mol. The van der Waals surface area contributed by atoms with E-state index < -0.39 is 17.7 Å². The van der Waals surface area contributed by atoms with Gasteiger partial charge in [-0.25, -0.2) is 9.18 Å². The van der Waals surface area contributed by atoms with Gasteiger partial charge in [-0.1, -0.05) is 38.1 Å². The van der Waals surface area contributed by atoms with E-state index in [1.54, 1.807) is 0 Å². The molecule has 5 rings (SSSR count). The van der Waals surface area contributed by atoms with Crippen LogP contribution >= 0.6 is 0 Å². The highest BCUT2D eigenvalue weighted by molar-refractivity contribution is 5.88. The van der Waals surface area contributed by atoms with E-state index in [1.165, 1.54) is 12.1 Å². The normalized spacial score (nSPS) is 20.9. The molecule has 3 aromatic rings. The number of aryl methyl sites for hydroxylation is 2. The highest BCUT2D eigenvalue weighted by atomic mass is 19.1. The monoisotopic (exact) mass is 602 g/mol. The Balaban J connectivity index is 1.53. The van der Waals surface area contributed by atoms with Crippen LogP contribution < -0.4 is 9.64 Å². The van der Waals surface area contributed by atoms with E-state index in [-0.39, 0.29) is 23.3 Å². The van der Waals surface area contributed by atoms with Crippen molar-refractivity contribution in [2.45, 2.75) is 104 Å². The molecule has 44 heavy (non-hydrogen) atoms. The Bertz CT molecular complexity index is 1470. The molecule has 0 amide bonds. The molecule has 1 N–H and O–H groups in total. The van der Waals surface area contributed by atoms with Crippen molar-refractivity contribution in [3.8, 4) is 16.9 Å². The molecule has 1 saturated carbocycles. The van der Waals surface area contributed by atoms with E-state index in [2.05, 4.69) is 30.9 Å². The molecule has 1 saturated heterocycles. The Kier molecular flexibility index (Phi) is 9.08. The fraction of sp³-hybridized carbons (Fsp3) is 0.514. The summed E-state index contributed by atoms with van der Waals surface area (Å²) in [7, 11) is 0. The van der Waals surface area contributed by atoms with E-state index in [4.69, 9.17) is 14.5 Å². The van der Waals surface area contributed by atoms with Gasteiger partial charge in [0.2, 0.25) is 0 Å². The molecule has 1 aliphatic heterocycles. The van der Waals surface area contributed by atoms with Crippen LogP contribution in [0.15, 0.2) is 48.5 Å². The van der Waals surface area contributed by atoms with E-state index >= 15 is 0 Å². The number of pyridine rings is 1. The Labute approximate surface area is 261 Å². The second-order valence-electron chi connectivity index (χ2n) is 14.3. The van der Waals surface area contributed by atoms with E-state index in [1.807, 2.05) is 58.9 Å². The number of halogens is 1. The minimum absolute atomic E-state index is 0.0267. The number of aliphatic carboxylic acids is 1. The topological polar surface area (TPSA) is 71.9 Å².